The highest BCUT2D eigenvalue weighted by molar-refractivity contribution is 5.78. The Hall–Kier alpha value is -3.22. The Morgan fingerprint density at radius 1 is 1.11 bits per heavy atom. The molecule has 1 heterocycles. The van der Waals surface area contributed by atoms with E-state index in [0.717, 1.165) is 44.9 Å². The molecule has 0 bridgehead atoms. The second-order valence-electron chi connectivity index (χ2n) is 9.47. The van der Waals surface area contributed by atoms with Crippen molar-refractivity contribution in [3.63, 3.8) is 0 Å². The highest BCUT2D eigenvalue weighted by Gasteiger charge is 2.28. The first-order valence-corrected chi connectivity index (χ1v) is 12.8. The summed E-state index contributed by atoms with van der Waals surface area (Å²) in [6.07, 6.45) is 8.40. The molecule has 186 valence electrons. The highest BCUT2D eigenvalue weighted by Crippen LogP contribution is 2.25. The molecule has 3 aromatic rings. The van der Waals surface area contributed by atoms with Gasteiger partial charge in [-0.3, -0.25) is 9.36 Å². The second-order valence-corrected chi connectivity index (χ2v) is 9.47. The van der Waals surface area contributed by atoms with Crippen LogP contribution in [0.25, 0.3) is 16.6 Å². The number of para-hydroxylation sites is 1. The summed E-state index contributed by atoms with van der Waals surface area (Å²) < 4.78 is 15.2. The van der Waals surface area contributed by atoms with Crippen LogP contribution >= 0.6 is 0 Å². The number of fused-ring (bicyclic) bond motifs is 1. The number of urea groups is 1. The summed E-state index contributed by atoms with van der Waals surface area (Å²) in [5.41, 5.74) is 0.877. The van der Waals surface area contributed by atoms with Crippen molar-refractivity contribution in [2.45, 2.75) is 77.3 Å². The number of aromatic nitrogens is 2. The summed E-state index contributed by atoms with van der Waals surface area (Å²) in [6, 6.07) is 12.6. The molecule has 2 aromatic carbocycles. The van der Waals surface area contributed by atoms with Gasteiger partial charge >= 0.3 is 6.03 Å². The van der Waals surface area contributed by atoms with Crippen LogP contribution in [0, 0.1) is 5.82 Å². The normalized spacial score (nSPS) is 15.2. The number of hydrogen-bond acceptors (Lipinski definition) is 3. The number of nitrogens with zero attached hydrogens (tertiary/aromatic N) is 3. The summed E-state index contributed by atoms with van der Waals surface area (Å²) in [5, 5.41) is 3.72. The molecular formula is C28H35FN4O2. The fourth-order valence-electron chi connectivity index (χ4n) is 4.92. The maximum atomic E-state index is 13.7. The molecule has 4 rings (SSSR count). The number of nitrogens with one attached hydrogen (secondary N) is 1. The lowest BCUT2D eigenvalue weighted by atomic mass is 9.96. The van der Waals surface area contributed by atoms with Crippen molar-refractivity contribution < 1.29 is 9.18 Å². The fraction of sp³-hybridized carbons (Fsp3) is 0.464. The lowest BCUT2D eigenvalue weighted by Crippen LogP contribution is -2.47. The average molecular weight is 479 g/mol. The van der Waals surface area contributed by atoms with Gasteiger partial charge in [0.25, 0.3) is 5.56 Å². The summed E-state index contributed by atoms with van der Waals surface area (Å²) in [4.78, 5) is 33.8. The van der Waals surface area contributed by atoms with Gasteiger partial charge in [-0.1, -0.05) is 51.2 Å². The minimum absolute atomic E-state index is 0.117. The van der Waals surface area contributed by atoms with Crippen molar-refractivity contribution in [2.24, 2.45) is 0 Å². The van der Waals surface area contributed by atoms with E-state index in [0.29, 0.717) is 29.0 Å². The van der Waals surface area contributed by atoms with Crippen molar-refractivity contribution in [1.29, 1.82) is 0 Å². The molecule has 1 aliphatic carbocycles. The number of amides is 2. The third kappa shape index (κ3) is 5.72. The van der Waals surface area contributed by atoms with Crippen LogP contribution in [0.3, 0.4) is 0 Å². The predicted molar refractivity (Wildman–Crippen MR) is 137 cm³/mol. The molecule has 1 aliphatic rings. The van der Waals surface area contributed by atoms with Gasteiger partial charge in [0, 0.05) is 12.6 Å². The molecule has 2 amide bonds. The molecule has 0 spiro atoms. The first-order chi connectivity index (χ1) is 17.0. The van der Waals surface area contributed by atoms with Crippen molar-refractivity contribution in [1.82, 2.24) is 19.8 Å². The van der Waals surface area contributed by atoms with Crippen LogP contribution in [-0.4, -0.2) is 33.1 Å². The number of rotatable bonds is 8. The van der Waals surface area contributed by atoms with Gasteiger partial charge in [0.15, 0.2) is 0 Å². The molecule has 1 aromatic heterocycles. The molecule has 0 aliphatic heterocycles. The molecule has 1 saturated carbocycles. The molecule has 7 heteroatoms. The lowest BCUT2D eigenvalue weighted by molar-refractivity contribution is 0.167. The fourth-order valence-corrected chi connectivity index (χ4v) is 4.92. The Morgan fingerprint density at radius 3 is 2.54 bits per heavy atom. The summed E-state index contributed by atoms with van der Waals surface area (Å²) >= 11 is 0. The summed E-state index contributed by atoms with van der Waals surface area (Å²) in [6.45, 7) is 4.62. The molecule has 0 radical (unpaired) electrons. The maximum Gasteiger partial charge on any atom is 0.318 e. The minimum atomic E-state index is -0.460. The first-order valence-electron chi connectivity index (χ1n) is 12.8. The minimum Gasteiger partial charge on any atom is -0.335 e. The Labute approximate surface area is 206 Å². The van der Waals surface area contributed by atoms with Crippen molar-refractivity contribution >= 4 is 16.9 Å². The van der Waals surface area contributed by atoms with Gasteiger partial charge in [-0.05, 0) is 62.6 Å². The molecule has 35 heavy (non-hydrogen) atoms. The Bertz CT molecular complexity index is 1200. The molecule has 0 saturated heterocycles. The van der Waals surface area contributed by atoms with Crippen LogP contribution in [-0.2, 0) is 0 Å². The molecule has 1 N–H and O–H groups in total. The van der Waals surface area contributed by atoms with Gasteiger partial charge < -0.3 is 10.2 Å². The topological polar surface area (TPSA) is 67.2 Å². The average Bonchev–Trinajstić information content (AvgIpc) is 2.87. The highest BCUT2D eigenvalue weighted by atomic mass is 19.1. The third-order valence-corrected chi connectivity index (χ3v) is 6.92. The summed E-state index contributed by atoms with van der Waals surface area (Å²) in [7, 11) is 0. The monoisotopic (exact) mass is 478 g/mol. The zero-order valence-corrected chi connectivity index (χ0v) is 20.7. The van der Waals surface area contributed by atoms with Crippen LogP contribution in [0.1, 0.15) is 77.1 Å². The van der Waals surface area contributed by atoms with E-state index >= 15 is 0 Å². The van der Waals surface area contributed by atoms with Crippen LogP contribution in [0.15, 0.2) is 53.3 Å². The van der Waals surface area contributed by atoms with E-state index in [2.05, 4.69) is 12.2 Å². The van der Waals surface area contributed by atoms with Gasteiger partial charge in [0.05, 0.1) is 22.6 Å². The Balaban J connectivity index is 1.77. The van der Waals surface area contributed by atoms with Crippen LogP contribution in [0.5, 0.6) is 0 Å². The molecule has 6 nitrogen and oxygen atoms in total. The smallest absolute Gasteiger partial charge is 0.318 e. The van der Waals surface area contributed by atoms with Crippen molar-refractivity contribution in [3.05, 3.63) is 70.5 Å². The zero-order chi connectivity index (χ0) is 24.8. The van der Waals surface area contributed by atoms with E-state index < -0.39 is 6.04 Å². The number of halogens is 1. The predicted octanol–water partition coefficient (Wildman–Crippen LogP) is 6.12. The quantitative estimate of drug-likeness (QED) is 0.397. The Morgan fingerprint density at radius 2 is 1.83 bits per heavy atom. The molecule has 1 unspecified atom stereocenters. The number of carbonyl (C=O) groups is 1. The number of unbranched alkanes of at least 4 members (excludes halogenated alkanes) is 2. The third-order valence-electron chi connectivity index (χ3n) is 6.92. The van der Waals surface area contributed by atoms with Gasteiger partial charge in [-0.2, -0.15) is 0 Å². The van der Waals surface area contributed by atoms with E-state index in [1.807, 2.05) is 19.1 Å². The molecule has 1 fully saturated rings. The van der Waals surface area contributed by atoms with Crippen molar-refractivity contribution in [3.8, 4) is 5.69 Å². The zero-order valence-electron chi connectivity index (χ0n) is 20.7. The van der Waals surface area contributed by atoms with Crippen LogP contribution in [0.4, 0.5) is 9.18 Å². The maximum absolute atomic E-state index is 13.7. The largest absolute Gasteiger partial charge is 0.335 e. The van der Waals surface area contributed by atoms with Gasteiger partial charge in [-0.25, -0.2) is 14.2 Å². The van der Waals surface area contributed by atoms with E-state index in [4.69, 9.17) is 4.98 Å². The lowest BCUT2D eigenvalue weighted by Gasteiger charge is -2.33. The Kier molecular flexibility index (Phi) is 8.16. The number of hydrogen-bond donors (Lipinski definition) is 1. The van der Waals surface area contributed by atoms with Gasteiger partial charge in [0.1, 0.15) is 11.6 Å². The summed E-state index contributed by atoms with van der Waals surface area (Å²) in [5.74, 6) is 0.0915. The van der Waals surface area contributed by atoms with E-state index in [1.54, 1.807) is 29.2 Å². The van der Waals surface area contributed by atoms with E-state index in [1.165, 1.54) is 23.1 Å². The number of carbonyl (C=O) groups excluding carboxylic acids is 1. The molecule has 1 atom stereocenters. The second kappa shape index (κ2) is 11.5. The standard InChI is InChI=1S/C28H35FN4O2/c1-3-4-10-19-32(28(35)30-22-11-6-5-7-12-22)20(2)26-31-25-14-9-8-13-24(25)27(34)33(26)23-17-15-21(29)16-18-23/h8-9,13-18,20,22H,3-7,10-12,19H2,1-2H3,(H,30,35). The van der Waals surface area contributed by atoms with Gasteiger partial charge in [-0.15, -0.1) is 0 Å². The van der Waals surface area contributed by atoms with Crippen LogP contribution < -0.4 is 10.9 Å². The SMILES string of the molecule is CCCCCN(C(=O)NC1CCCCC1)C(C)c1nc2ccccc2c(=O)n1-c1ccc(F)cc1. The number of benzene rings is 2. The van der Waals surface area contributed by atoms with Crippen LogP contribution in [0.2, 0.25) is 0 Å². The van der Waals surface area contributed by atoms with Crippen molar-refractivity contribution in [2.75, 3.05) is 6.54 Å². The molecular weight excluding hydrogens is 443 g/mol. The van der Waals surface area contributed by atoms with E-state index in [-0.39, 0.29) is 23.4 Å². The first kappa shape index (κ1) is 24.9. The van der Waals surface area contributed by atoms with Gasteiger partial charge in [0.2, 0.25) is 0 Å². The van der Waals surface area contributed by atoms with E-state index in [9.17, 15) is 14.0 Å².